The van der Waals surface area contributed by atoms with Gasteiger partial charge in [0.25, 0.3) is 0 Å². The van der Waals surface area contributed by atoms with Crippen molar-refractivity contribution in [1.82, 2.24) is 14.8 Å². The van der Waals surface area contributed by atoms with Crippen LogP contribution in [0.3, 0.4) is 0 Å². The van der Waals surface area contributed by atoms with Gasteiger partial charge in [0.15, 0.2) is 5.82 Å². The summed E-state index contributed by atoms with van der Waals surface area (Å²) in [6, 6.07) is 36.8. The lowest BCUT2D eigenvalue weighted by atomic mass is 9.78. The Morgan fingerprint density at radius 3 is 1.95 bits per heavy atom. The first kappa shape index (κ1) is 26.6. The van der Waals surface area contributed by atoms with Gasteiger partial charge in [0, 0.05) is 16.4 Å². The Labute approximate surface area is 233 Å². The van der Waals surface area contributed by atoms with E-state index in [1.165, 1.54) is 27.8 Å². The van der Waals surface area contributed by atoms with Crippen LogP contribution in [0.25, 0.3) is 28.2 Å². The van der Waals surface area contributed by atoms with Crippen LogP contribution in [-0.2, 0) is 10.8 Å². The SMILES string of the molecule is CCCC(C)(C)c1nnc(-c2cccc(C(C)(C)c3ccccc3)c2)n1-c1ccc(-c2ccccc2)cc1C. The van der Waals surface area contributed by atoms with Gasteiger partial charge in [0.2, 0.25) is 0 Å². The number of hydrogen-bond donors (Lipinski definition) is 0. The van der Waals surface area contributed by atoms with Crippen molar-refractivity contribution >= 4 is 0 Å². The van der Waals surface area contributed by atoms with Crippen LogP contribution in [0.2, 0.25) is 0 Å². The molecule has 198 valence electrons. The highest BCUT2D eigenvalue weighted by molar-refractivity contribution is 5.68. The van der Waals surface area contributed by atoms with Crippen molar-refractivity contribution in [3.8, 4) is 28.2 Å². The maximum Gasteiger partial charge on any atom is 0.168 e. The van der Waals surface area contributed by atoms with Crippen molar-refractivity contribution in [2.75, 3.05) is 0 Å². The molecule has 0 aliphatic carbocycles. The average Bonchev–Trinajstić information content (AvgIpc) is 3.40. The van der Waals surface area contributed by atoms with E-state index in [1.54, 1.807) is 0 Å². The van der Waals surface area contributed by atoms with Crippen LogP contribution in [0.5, 0.6) is 0 Å². The molecule has 0 spiro atoms. The fraction of sp³-hybridized carbons (Fsp3) is 0.278. The third-order valence-corrected chi connectivity index (χ3v) is 8.03. The lowest BCUT2D eigenvalue weighted by molar-refractivity contribution is 0.437. The van der Waals surface area contributed by atoms with E-state index in [4.69, 9.17) is 10.2 Å². The van der Waals surface area contributed by atoms with Gasteiger partial charge < -0.3 is 0 Å². The maximum absolute atomic E-state index is 4.84. The molecule has 0 aliphatic heterocycles. The van der Waals surface area contributed by atoms with Crippen molar-refractivity contribution in [3.63, 3.8) is 0 Å². The summed E-state index contributed by atoms with van der Waals surface area (Å²) in [5, 5.41) is 9.69. The van der Waals surface area contributed by atoms with Crippen LogP contribution in [0, 0.1) is 6.92 Å². The summed E-state index contributed by atoms with van der Waals surface area (Å²) in [5.74, 6) is 1.89. The molecule has 1 aromatic heterocycles. The largest absolute Gasteiger partial charge is 0.278 e. The summed E-state index contributed by atoms with van der Waals surface area (Å²) in [5.41, 5.74) is 8.13. The molecule has 3 nitrogen and oxygen atoms in total. The second-order valence-electron chi connectivity index (χ2n) is 11.8. The highest BCUT2D eigenvalue weighted by atomic mass is 15.3. The quantitative estimate of drug-likeness (QED) is 0.207. The molecule has 0 fully saturated rings. The van der Waals surface area contributed by atoms with E-state index in [-0.39, 0.29) is 10.8 Å². The van der Waals surface area contributed by atoms with Gasteiger partial charge in [0.1, 0.15) is 5.82 Å². The molecule has 0 amide bonds. The molecular formula is C36H39N3. The standard InChI is InChI=1S/C36H39N3/c1-7-23-35(3,4)34-38-37-33(29-17-14-20-31(25-29)36(5,6)30-18-12-9-13-19-30)39(34)32-22-21-28(24-26(32)2)27-15-10-8-11-16-27/h8-22,24-25H,7,23H2,1-6H3. The molecule has 3 heteroatoms. The number of rotatable bonds is 8. The van der Waals surface area contributed by atoms with Gasteiger partial charge in [-0.15, -0.1) is 10.2 Å². The minimum absolute atomic E-state index is 0.120. The van der Waals surface area contributed by atoms with Crippen molar-refractivity contribution in [3.05, 3.63) is 126 Å². The van der Waals surface area contributed by atoms with E-state index >= 15 is 0 Å². The Kier molecular flexibility index (Phi) is 7.27. The van der Waals surface area contributed by atoms with Crippen LogP contribution in [-0.4, -0.2) is 14.8 Å². The first-order valence-electron chi connectivity index (χ1n) is 14.0. The zero-order chi connectivity index (χ0) is 27.6. The minimum atomic E-state index is -0.139. The van der Waals surface area contributed by atoms with E-state index in [2.05, 4.69) is 149 Å². The molecule has 0 aliphatic rings. The fourth-order valence-electron chi connectivity index (χ4n) is 5.66. The maximum atomic E-state index is 4.84. The van der Waals surface area contributed by atoms with Gasteiger partial charge in [-0.2, -0.15) is 0 Å². The number of aromatic nitrogens is 3. The highest BCUT2D eigenvalue weighted by Gasteiger charge is 2.30. The van der Waals surface area contributed by atoms with Crippen molar-refractivity contribution in [1.29, 1.82) is 0 Å². The molecule has 4 aromatic carbocycles. The Balaban J connectivity index is 1.66. The minimum Gasteiger partial charge on any atom is -0.278 e. The number of aryl methyl sites for hydroxylation is 1. The third-order valence-electron chi connectivity index (χ3n) is 8.03. The second kappa shape index (κ2) is 10.6. The van der Waals surface area contributed by atoms with Gasteiger partial charge in [-0.3, -0.25) is 4.57 Å². The fourth-order valence-corrected chi connectivity index (χ4v) is 5.66. The van der Waals surface area contributed by atoms with Crippen molar-refractivity contribution in [2.45, 2.75) is 65.2 Å². The molecule has 5 aromatic rings. The lowest BCUT2D eigenvalue weighted by Gasteiger charge is -2.27. The predicted molar refractivity (Wildman–Crippen MR) is 163 cm³/mol. The first-order valence-corrected chi connectivity index (χ1v) is 14.0. The third kappa shape index (κ3) is 5.18. The molecule has 0 saturated carbocycles. The summed E-state index contributed by atoms with van der Waals surface area (Å²) in [4.78, 5) is 0. The van der Waals surface area contributed by atoms with Crippen LogP contribution < -0.4 is 0 Å². The van der Waals surface area contributed by atoms with Gasteiger partial charge in [-0.1, -0.05) is 126 Å². The number of nitrogens with zero attached hydrogens (tertiary/aromatic N) is 3. The summed E-state index contributed by atoms with van der Waals surface area (Å²) in [6.07, 6.45) is 2.12. The van der Waals surface area contributed by atoms with Crippen molar-refractivity contribution < 1.29 is 0 Å². The van der Waals surface area contributed by atoms with Gasteiger partial charge >= 0.3 is 0 Å². The summed E-state index contributed by atoms with van der Waals surface area (Å²) in [7, 11) is 0. The molecule has 39 heavy (non-hydrogen) atoms. The summed E-state index contributed by atoms with van der Waals surface area (Å²) >= 11 is 0. The van der Waals surface area contributed by atoms with Crippen LogP contribution in [0.4, 0.5) is 0 Å². The summed E-state index contributed by atoms with van der Waals surface area (Å²) in [6.45, 7) is 13.6. The molecule has 0 radical (unpaired) electrons. The molecule has 0 saturated heterocycles. The second-order valence-corrected chi connectivity index (χ2v) is 11.8. The predicted octanol–water partition coefficient (Wildman–Crippen LogP) is 9.31. The Bertz CT molecular complexity index is 1560. The zero-order valence-corrected chi connectivity index (χ0v) is 24.1. The average molecular weight is 514 g/mol. The van der Waals surface area contributed by atoms with E-state index in [1.807, 2.05) is 0 Å². The Hall–Kier alpha value is -3.98. The van der Waals surface area contributed by atoms with Gasteiger partial charge in [-0.05, 0) is 59.4 Å². The van der Waals surface area contributed by atoms with Crippen LogP contribution >= 0.6 is 0 Å². The highest BCUT2D eigenvalue weighted by Crippen LogP contribution is 2.37. The molecule has 0 N–H and O–H groups in total. The van der Waals surface area contributed by atoms with E-state index in [0.717, 1.165) is 35.7 Å². The Morgan fingerprint density at radius 2 is 1.28 bits per heavy atom. The van der Waals surface area contributed by atoms with Gasteiger partial charge in [-0.25, -0.2) is 0 Å². The summed E-state index contributed by atoms with van der Waals surface area (Å²) < 4.78 is 2.30. The van der Waals surface area contributed by atoms with E-state index < -0.39 is 0 Å². The Morgan fingerprint density at radius 1 is 0.641 bits per heavy atom. The van der Waals surface area contributed by atoms with Crippen LogP contribution in [0.15, 0.2) is 103 Å². The molecule has 5 rings (SSSR count). The molecular weight excluding hydrogens is 474 g/mol. The molecule has 0 unspecified atom stereocenters. The smallest absolute Gasteiger partial charge is 0.168 e. The molecule has 1 heterocycles. The molecule has 0 bridgehead atoms. The van der Waals surface area contributed by atoms with Crippen molar-refractivity contribution in [2.24, 2.45) is 0 Å². The number of benzene rings is 4. The topological polar surface area (TPSA) is 30.7 Å². The zero-order valence-electron chi connectivity index (χ0n) is 24.1. The lowest BCUT2D eigenvalue weighted by Crippen LogP contribution is -2.23. The van der Waals surface area contributed by atoms with Gasteiger partial charge in [0.05, 0.1) is 5.69 Å². The normalized spacial score (nSPS) is 12.1. The molecule has 0 atom stereocenters. The number of hydrogen-bond acceptors (Lipinski definition) is 2. The van der Waals surface area contributed by atoms with E-state index in [0.29, 0.717) is 0 Å². The van der Waals surface area contributed by atoms with Crippen LogP contribution in [0.1, 0.15) is 70.0 Å². The monoisotopic (exact) mass is 513 g/mol. The first-order chi connectivity index (χ1) is 18.7. The van der Waals surface area contributed by atoms with E-state index in [9.17, 15) is 0 Å².